The first-order chi connectivity index (χ1) is 12.5. The summed E-state index contributed by atoms with van der Waals surface area (Å²) in [5, 5.41) is 7.70. The first kappa shape index (κ1) is 16.9. The average Bonchev–Trinajstić information content (AvgIpc) is 3.32. The summed E-state index contributed by atoms with van der Waals surface area (Å²) < 4.78 is 32.1. The second-order valence-corrected chi connectivity index (χ2v) is 8.75. The van der Waals surface area contributed by atoms with Crippen LogP contribution in [-0.2, 0) is 16.6 Å². The van der Waals surface area contributed by atoms with Crippen LogP contribution in [0.2, 0.25) is 0 Å². The summed E-state index contributed by atoms with van der Waals surface area (Å²) in [7, 11) is -2.17. The van der Waals surface area contributed by atoms with Crippen molar-refractivity contribution >= 4 is 32.1 Å². The number of fused-ring (bicyclic) bond motifs is 1. The molecule has 6 nitrogen and oxygen atoms in total. The van der Waals surface area contributed by atoms with Crippen LogP contribution in [0.15, 0.2) is 69.4 Å². The molecule has 4 aromatic rings. The first-order valence-electron chi connectivity index (χ1n) is 7.86. The van der Waals surface area contributed by atoms with Gasteiger partial charge >= 0.3 is 0 Å². The van der Waals surface area contributed by atoms with Gasteiger partial charge in [-0.25, -0.2) is 8.42 Å². The van der Waals surface area contributed by atoms with Gasteiger partial charge in [0, 0.05) is 7.05 Å². The maximum Gasteiger partial charge on any atom is 0.243 e. The van der Waals surface area contributed by atoms with Crippen molar-refractivity contribution in [3.8, 4) is 10.7 Å². The van der Waals surface area contributed by atoms with Gasteiger partial charge in [-0.3, -0.25) is 0 Å². The molecule has 26 heavy (non-hydrogen) atoms. The van der Waals surface area contributed by atoms with E-state index in [9.17, 15) is 8.42 Å². The second kappa shape index (κ2) is 6.64. The molecule has 0 aliphatic rings. The number of aromatic nitrogens is 2. The summed E-state index contributed by atoms with van der Waals surface area (Å²) in [6.07, 6.45) is 0. The summed E-state index contributed by atoms with van der Waals surface area (Å²) in [5.41, 5.74) is 0. The molecule has 0 amide bonds. The monoisotopic (exact) mass is 385 g/mol. The highest BCUT2D eigenvalue weighted by Gasteiger charge is 2.23. The van der Waals surface area contributed by atoms with E-state index in [2.05, 4.69) is 10.1 Å². The van der Waals surface area contributed by atoms with Crippen LogP contribution in [0.4, 0.5) is 0 Å². The largest absolute Gasteiger partial charge is 0.337 e. The quantitative estimate of drug-likeness (QED) is 0.523. The summed E-state index contributed by atoms with van der Waals surface area (Å²) >= 11 is 1.49. The molecule has 0 unspecified atom stereocenters. The zero-order chi connectivity index (χ0) is 18.1. The van der Waals surface area contributed by atoms with E-state index < -0.39 is 10.0 Å². The van der Waals surface area contributed by atoms with Gasteiger partial charge < -0.3 is 4.52 Å². The Morgan fingerprint density at radius 3 is 2.65 bits per heavy atom. The van der Waals surface area contributed by atoms with Crippen molar-refractivity contribution in [2.75, 3.05) is 7.05 Å². The molecule has 0 bridgehead atoms. The molecule has 0 aliphatic heterocycles. The minimum Gasteiger partial charge on any atom is -0.337 e. The SMILES string of the molecule is CN(Cc1nc(-c2cccs2)no1)S(=O)(=O)c1ccc2ccccc2c1. The highest BCUT2D eigenvalue weighted by Crippen LogP contribution is 2.24. The van der Waals surface area contributed by atoms with E-state index >= 15 is 0 Å². The topological polar surface area (TPSA) is 76.3 Å². The second-order valence-electron chi connectivity index (χ2n) is 5.76. The Hall–Kier alpha value is -2.55. The molecule has 2 heterocycles. The van der Waals surface area contributed by atoms with Crippen molar-refractivity contribution < 1.29 is 12.9 Å². The van der Waals surface area contributed by atoms with Gasteiger partial charge in [-0.2, -0.15) is 9.29 Å². The van der Waals surface area contributed by atoms with E-state index in [0.29, 0.717) is 5.82 Å². The lowest BCUT2D eigenvalue weighted by Crippen LogP contribution is -2.26. The van der Waals surface area contributed by atoms with Gasteiger partial charge in [-0.15, -0.1) is 11.3 Å². The maximum atomic E-state index is 12.9. The number of rotatable bonds is 5. The van der Waals surface area contributed by atoms with Crippen LogP contribution in [0.1, 0.15) is 5.89 Å². The maximum absolute atomic E-state index is 12.9. The van der Waals surface area contributed by atoms with Crippen molar-refractivity contribution in [3.63, 3.8) is 0 Å². The number of thiophene rings is 1. The molecule has 8 heteroatoms. The smallest absolute Gasteiger partial charge is 0.243 e. The van der Waals surface area contributed by atoms with Crippen molar-refractivity contribution in [2.24, 2.45) is 0 Å². The van der Waals surface area contributed by atoms with Gasteiger partial charge in [-0.1, -0.05) is 41.6 Å². The Kier molecular flexibility index (Phi) is 4.31. The van der Waals surface area contributed by atoms with Crippen LogP contribution in [0.3, 0.4) is 0 Å². The van der Waals surface area contributed by atoms with Gasteiger partial charge in [0.25, 0.3) is 0 Å². The molecule has 0 atom stereocenters. The third-order valence-corrected chi connectivity index (χ3v) is 6.66. The normalized spacial score (nSPS) is 12.1. The molecular formula is C18H15N3O3S2. The number of hydrogen-bond donors (Lipinski definition) is 0. The lowest BCUT2D eigenvalue weighted by atomic mass is 10.1. The molecule has 2 aromatic heterocycles. The Balaban J connectivity index is 1.59. The fraction of sp³-hybridized carbons (Fsp3) is 0.111. The van der Waals surface area contributed by atoms with Crippen molar-refractivity contribution in [1.82, 2.24) is 14.4 Å². The Bertz CT molecular complexity index is 1150. The van der Waals surface area contributed by atoms with Gasteiger partial charge in [0.05, 0.1) is 16.3 Å². The summed E-state index contributed by atoms with van der Waals surface area (Å²) in [6, 6.07) is 16.5. The molecule has 0 saturated heterocycles. The van der Waals surface area contributed by atoms with Crippen molar-refractivity contribution in [2.45, 2.75) is 11.4 Å². The molecule has 4 rings (SSSR count). The van der Waals surface area contributed by atoms with Crippen LogP contribution in [0.5, 0.6) is 0 Å². The highest BCUT2D eigenvalue weighted by molar-refractivity contribution is 7.89. The van der Waals surface area contributed by atoms with E-state index in [0.717, 1.165) is 15.6 Å². The third kappa shape index (κ3) is 3.14. The molecular weight excluding hydrogens is 370 g/mol. The van der Waals surface area contributed by atoms with Gasteiger partial charge in [-0.05, 0) is 34.4 Å². The molecule has 0 saturated carbocycles. The van der Waals surface area contributed by atoms with Crippen LogP contribution in [0, 0.1) is 0 Å². The predicted octanol–water partition coefficient (Wildman–Crippen LogP) is 3.77. The van der Waals surface area contributed by atoms with Gasteiger partial charge in [0.15, 0.2) is 0 Å². The van der Waals surface area contributed by atoms with Crippen LogP contribution >= 0.6 is 11.3 Å². The molecule has 0 spiro atoms. The van der Waals surface area contributed by atoms with Gasteiger partial charge in [0.2, 0.25) is 21.7 Å². The molecule has 132 valence electrons. The van der Waals surface area contributed by atoms with Crippen molar-refractivity contribution in [3.05, 3.63) is 65.9 Å². The number of nitrogens with zero attached hydrogens (tertiary/aromatic N) is 3. The Morgan fingerprint density at radius 2 is 1.88 bits per heavy atom. The zero-order valence-corrected chi connectivity index (χ0v) is 15.5. The number of hydrogen-bond acceptors (Lipinski definition) is 6. The minimum absolute atomic E-state index is 0.00748. The third-order valence-electron chi connectivity index (χ3n) is 4.00. The number of sulfonamides is 1. The molecule has 0 N–H and O–H groups in total. The van der Waals surface area contributed by atoms with E-state index in [4.69, 9.17) is 4.52 Å². The number of benzene rings is 2. The molecule has 0 radical (unpaired) electrons. The van der Waals surface area contributed by atoms with Crippen LogP contribution < -0.4 is 0 Å². The molecule has 2 aromatic carbocycles. The van der Waals surface area contributed by atoms with E-state index in [-0.39, 0.29) is 17.3 Å². The molecule has 0 fully saturated rings. The van der Waals surface area contributed by atoms with Gasteiger partial charge in [0.1, 0.15) is 0 Å². The summed E-state index contributed by atoms with van der Waals surface area (Å²) in [4.78, 5) is 5.38. The van der Waals surface area contributed by atoms with Crippen LogP contribution in [-0.4, -0.2) is 29.9 Å². The minimum atomic E-state index is -3.67. The van der Waals surface area contributed by atoms with E-state index in [1.807, 2.05) is 41.8 Å². The van der Waals surface area contributed by atoms with E-state index in [1.54, 1.807) is 18.2 Å². The Labute approximate surface area is 154 Å². The Morgan fingerprint density at radius 1 is 1.08 bits per heavy atom. The average molecular weight is 385 g/mol. The zero-order valence-electron chi connectivity index (χ0n) is 13.9. The summed E-state index contributed by atoms with van der Waals surface area (Å²) in [5.74, 6) is 0.715. The van der Waals surface area contributed by atoms with Crippen LogP contribution in [0.25, 0.3) is 21.5 Å². The lowest BCUT2D eigenvalue weighted by Gasteiger charge is -2.15. The fourth-order valence-electron chi connectivity index (χ4n) is 2.61. The first-order valence-corrected chi connectivity index (χ1v) is 10.2. The summed E-state index contributed by atoms with van der Waals surface area (Å²) in [6.45, 7) is 0.00748. The van der Waals surface area contributed by atoms with Crippen molar-refractivity contribution in [1.29, 1.82) is 0 Å². The highest BCUT2D eigenvalue weighted by atomic mass is 32.2. The lowest BCUT2D eigenvalue weighted by molar-refractivity contribution is 0.337. The standard InChI is InChI=1S/C18H15N3O3S2/c1-21(12-17-19-18(20-24-17)16-7-4-10-25-16)26(22,23)15-9-8-13-5-2-3-6-14(13)11-15/h2-11H,12H2,1H3. The van der Waals surface area contributed by atoms with E-state index in [1.165, 1.54) is 22.7 Å². The fourth-order valence-corrected chi connectivity index (χ4v) is 4.41. The molecule has 0 aliphatic carbocycles. The predicted molar refractivity (Wildman–Crippen MR) is 100 cm³/mol.